The van der Waals surface area contributed by atoms with Crippen molar-refractivity contribution in [2.45, 2.75) is 6.42 Å². The summed E-state index contributed by atoms with van der Waals surface area (Å²) in [5.74, 6) is 1.20. The van der Waals surface area contributed by atoms with Gasteiger partial charge in [-0.25, -0.2) is 9.99 Å². The highest BCUT2D eigenvalue weighted by Crippen LogP contribution is 2.34. The number of fused-ring (bicyclic) bond motifs is 2. The summed E-state index contributed by atoms with van der Waals surface area (Å²) in [6, 6.07) is 3.98. The molecule has 0 bridgehead atoms. The van der Waals surface area contributed by atoms with Crippen LogP contribution in [-0.2, 0) is 4.79 Å². The zero-order chi connectivity index (χ0) is 12.7. The lowest BCUT2D eigenvalue weighted by Gasteiger charge is -2.38. The maximum atomic E-state index is 11.6. The van der Waals surface area contributed by atoms with E-state index in [0.717, 1.165) is 29.2 Å². The van der Waals surface area contributed by atoms with Crippen LogP contribution in [0.4, 0.5) is 5.82 Å². The van der Waals surface area contributed by atoms with E-state index >= 15 is 0 Å². The second-order valence-corrected chi connectivity index (χ2v) is 4.83. The van der Waals surface area contributed by atoms with E-state index in [2.05, 4.69) is 21.4 Å². The van der Waals surface area contributed by atoms with Gasteiger partial charge in [0.1, 0.15) is 0 Å². The van der Waals surface area contributed by atoms with E-state index in [0.29, 0.717) is 13.0 Å². The first-order valence-corrected chi connectivity index (χ1v) is 6.04. The van der Waals surface area contributed by atoms with E-state index in [9.17, 15) is 4.79 Å². The monoisotopic (exact) mass is 244 g/mol. The fourth-order valence-corrected chi connectivity index (χ4v) is 2.51. The van der Waals surface area contributed by atoms with Crippen LogP contribution in [0.2, 0.25) is 0 Å². The molecule has 1 N–H and O–H groups in total. The molecule has 0 saturated carbocycles. The Bertz CT molecular complexity index is 536. The van der Waals surface area contributed by atoms with Crippen LogP contribution in [0.1, 0.15) is 12.0 Å². The minimum atomic E-state index is 0.250. The summed E-state index contributed by atoms with van der Waals surface area (Å²) in [6.07, 6.45) is 2.34. The van der Waals surface area contributed by atoms with Gasteiger partial charge >= 0.3 is 0 Å². The molecule has 1 aromatic rings. The molecular formula is C13H16N4O. The topological polar surface area (TPSA) is 48.5 Å². The number of anilines is 1. The predicted molar refractivity (Wildman–Crippen MR) is 69.8 cm³/mol. The van der Waals surface area contributed by atoms with Crippen LogP contribution < -0.4 is 10.3 Å². The number of carbonyl (C=O) groups excluding carboxylic acids is 1. The summed E-state index contributed by atoms with van der Waals surface area (Å²) in [4.78, 5) is 16.0. The lowest BCUT2D eigenvalue weighted by Crippen LogP contribution is -2.45. The van der Waals surface area contributed by atoms with Gasteiger partial charge in [-0.1, -0.05) is 0 Å². The SMILES string of the molecule is CN(C)N1CC2=C(NCC(=O)C2)c2cccnc21. The number of rotatable bonds is 1. The third-order valence-corrected chi connectivity index (χ3v) is 3.35. The number of carbonyl (C=O) groups is 1. The van der Waals surface area contributed by atoms with Crippen molar-refractivity contribution in [1.82, 2.24) is 15.3 Å². The molecule has 0 amide bonds. The van der Waals surface area contributed by atoms with Gasteiger partial charge < -0.3 is 5.32 Å². The molecule has 0 aromatic carbocycles. The minimum Gasteiger partial charge on any atom is -0.377 e. The number of nitrogens with zero attached hydrogens (tertiary/aromatic N) is 3. The zero-order valence-electron chi connectivity index (χ0n) is 10.6. The Kier molecular flexibility index (Phi) is 2.56. The molecular weight excluding hydrogens is 228 g/mol. The smallest absolute Gasteiger partial charge is 0.156 e. The third-order valence-electron chi connectivity index (χ3n) is 3.35. The summed E-state index contributed by atoms with van der Waals surface area (Å²) < 4.78 is 0. The summed E-state index contributed by atoms with van der Waals surface area (Å²) >= 11 is 0. The third kappa shape index (κ3) is 1.67. The average Bonchev–Trinajstić information content (AvgIpc) is 2.37. The van der Waals surface area contributed by atoms with Gasteiger partial charge in [0.25, 0.3) is 0 Å². The van der Waals surface area contributed by atoms with E-state index in [4.69, 9.17) is 0 Å². The van der Waals surface area contributed by atoms with Gasteiger partial charge in [-0.05, 0) is 17.7 Å². The predicted octanol–water partition coefficient (Wildman–Crippen LogP) is 0.652. The van der Waals surface area contributed by atoms with Gasteiger partial charge in [0.05, 0.1) is 13.1 Å². The van der Waals surface area contributed by atoms with Gasteiger partial charge in [0.2, 0.25) is 0 Å². The second-order valence-electron chi connectivity index (χ2n) is 4.83. The Labute approximate surface area is 106 Å². The fraction of sp³-hybridized carbons (Fsp3) is 0.385. The van der Waals surface area contributed by atoms with Gasteiger partial charge in [-0.15, -0.1) is 0 Å². The van der Waals surface area contributed by atoms with E-state index in [1.165, 1.54) is 0 Å². The van der Waals surface area contributed by atoms with Crippen molar-refractivity contribution in [2.24, 2.45) is 0 Å². The van der Waals surface area contributed by atoms with E-state index in [1.807, 2.05) is 25.2 Å². The fourth-order valence-electron chi connectivity index (χ4n) is 2.51. The molecule has 3 rings (SSSR count). The van der Waals surface area contributed by atoms with E-state index in [1.54, 1.807) is 6.20 Å². The number of hydrazine groups is 1. The Morgan fingerprint density at radius 3 is 3.06 bits per heavy atom. The van der Waals surface area contributed by atoms with Crippen LogP contribution in [0.25, 0.3) is 5.70 Å². The first-order chi connectivity index (χ1) is 8.66. The van der Waals surface area contributed by atoms with Crippen LogP contribution in [0.15, 0.2) is 23.9 Å². The first-order valence-electron chi connectivity index (χ1n) is 6.04. The molecule has 2 aliphatic heterocycles. The Morgan fingerprint density at radius 2 is 2.28 bits per heavy atom. The first kappa shape index (κ1) is 11.2. The van der Waals surface area contributed by atoms with E-state index < -0.39 is 0 Å². The normalized spacial score (nSPS) is 18.6. The highest BCUT2D eigenvalue weighted by atomic mass is 16.1. The average molecular weight is 244 g/mol. The summed E-state index contributed by atoms with van der Waals surface area (Å²) in [6.45, 7) is 1.15. The van der Waals surface area contributed by atoms with E-state index in [-0.39, 0.29) is 5.78 Å². The molecule has 0 saturated heterocycles. The van der Waals surface area contributed by atoms with Crippen molar-refractivity contribution >= 4 is 17.3 Å². The van der Waals surface area contributed by atoms with Crippen molar-refractivity contribution in [2.75, 3.05) is 32.2 Å². The Balaban J connectivity index is 2.12. The number of hydrogen-bond acceptors (Lipinski definition) is 5. The van der Waals surface area contributed by atoms with Gasteiger partial charge in [-0.2, -0.15) is 0 Å². The van der Waals surface area contributed by atoms with Crippen LogP contribution in [0.3, 0.4) is 0 Å². The number of nitrogens with one attached hydrogen (secondary N) is 1. The number of pyridine rings is 1. The number of ketones is 1. The largest absolute Gasteiger partial charge is 0.377 e. The zero-order valence-corrected chi connectivity index (χ0v) is 10.6. The molecule has 3 heterocycles. The van der Waals surface area contributed by atoms with Crippen molar-refractivity contribution in [1.29, 1.82) is 0 Å². The quantitative estimate of drug-likeness (QED) is 0.786. The number of hydrogen-bond donors (Lipinski definition) is 1. The molecule has 0 radical (unpaired) electrons. The minimum absolute atomic E-state index is 0.250. The van der Waals surface area contributed by atoms with Crippen LogP contribution >= 0.6 is 0 Å². The van der Waals surface area contributed by atoms with Crippen molar-refractivity contribution < 1.29 is 4.79 Å². The second kappa shape index (κ2) is 4.10. The maximum Gasteiger partial charge on any atom is 0.156 e. The van der Waals surface area contributed by atoms with Gasteiger partial charge in [-0.3, -0.25) is 9.80 Å². The lowest BCUT2D eigenvalue weighted by molar-refractivity contribution is -0.117. The van der Waals surface area contributed by atoms with Crippen molar-refractivity contribution in [3.63, 3.8) is 0 Å². The molecule has 0 atom stereocenters. The molecule has 94 valence electrons. The number of aromatic nitrogens is 1. The summed E-state index contributed by atoms with van der Waals surface area (Å²) in [5, 5.41) is 7.33. The van der Waals surface area contributed by atoms with Gasteiger partial charge in [0.15, 0.2) is 11.6 Å². The van der Waals surface area contributed by atoms with Crippen molar-refractivity contribution in [3.8, 4) is 0 Å². The molecule has 5 nitrogen and oxygen atoms in total. The van der Waals surface area contributed by atoms with Crippen molar-refractivity contribution in [3.05, 3.63) is 29.5 Å². The molecule has 0 unspecified atom stereocenters. The summed E-state index contributed by atoms with van der Waals surface area (Å²) in [5.41, 5.74) is 3.33. The Morgan fingerprint density at radius 1 is 1.44 bits per heavy atom. The molecule has 18 heavy (non-hydrogen) atoms. The molecule has 5 heteroatoms. The van der Waals surface area contributed by atoms with Crippen LogP contribution in [-0.4, -0.2) is 43.0 Å². The Hall–Kier alpha value is -1.88. The highest BCUT2D eigenvalue weighted by Gasteiger charge is 2.30. The number of Topliss-reactive ketones (excluding diaryl/α,β-unsaturated/α-hetero) is 1. The highest BCUT2D eigenvalue weighted by molar-refractivity contribution is 5.92. The van der Waals surface area contributed by atoms with Crippen LogP contribution in [0.5, 0.6) is 0 Å². The van der Waals surface area contributed by atoms with Crippen LogP contribution in [0, 0.1) is 0 Å². The molecule has 1 aromatic heterocycles. The molecule has 0 fully saturated rings. The molecule has 2 aliphatic rings. The molecule has 0 spiro atoms. The van der Waals surface area contributed by atoms with Gasteiger partial charge in [0, 0.05) is 38.0 Å². The maximum absolute atomic E-state index is 11.6. The standard InChI is InChI=1S/C13H16N4O/c1-16(2)17-8-9-6-10(18)7-15-12(9)11-4-3-5-14-13(11)17/h3-5,15H,6-8H2,1-2H3. The summed E-state index contributed by atoms with van der Waals surface area (Å²) in [7, 11) is 3.98. The lowest BCUT2D eigenvalue weighted by atomic mass is 9.95. The molecule has 0 aliphatic carbocycles.